The van der Waals surface area contributed by atoms with Gasteiger partial charge in [-0.1, -0.05) is 17.7 Å². The van der Waals surface area contributed by atoms with Gasteiger partial charge < -0.3 is 14.5 Å². The van der Waals surface area contributed by atoms with Crippen molar-refractivity contribution in [1.82, 2.24) is 14.7 Å². The maximum absolute atomic E-state index is 13.1. The van der Waals surface area contributed by atoms with Crippen molar-refractivity contribution in [3.05, 3.63) is 71.0 Å². The van der Waals surface area contributed by atoms with Crippen LogP contribution in [0.1, 0.15) is 26.3 Å². The molecule has 164 valence electrons. The highest BCUT2D eigenvalue weighted by atomic mass is 19.1. The number of piperazine rings is 1. The molecule has 0 bridgehead atoms. The number of amides is 2. The Morgan fingerprint density at radius 1 is 0.871 bits per heavy atom. The molecule has 1 unspecified atom stereocenters. The lowest BCUT2D eigenvalue weighted by molar-refractivity contribution is -0.0399. The van der Waals surface area contributed by atoms with Crippen LogP contribution in [0.4, 0.5) is 4.39 Å². The van der Waals surface area contributed by atoms with Crippen molar-refractivity contribution in [2.75, 3.05) is 52.4 Å². The van der Waals surface area contributed by atoms with Crippen molar-refractivity contribution in [3.8, 4) is 0 Å². The first-order valence-corrected chi connectivity index (χ1v) is 10.7. The van der Waals surface area contributed by atoms with Crippen molar-refractivity contribution in [2.24, 2.45) is 0 Å². The minimum Gasteiger partial charge on any atom is -0.373 e. The number of rotatable bonds is 4. The van der Waals surface area contributed by atoms with Gasteiger partial charge in [-0.3, -0.25) is 14.5 Å². The first-order valence-electron chi connectivity index (χ1n) is 10.7. The number of halogens is 1. The Labute approximate surface area is 182 Å². The Morgan fingerprint density at radius 2 is 1.45 bits per heavy atom. The summed E-state index contributed by atoms with van der Waals surface area (Å²) >= 11 is 0. The molecule has 6 nitrogen and oxygen atoms in total. The predicted octanol–water partition coefficient (Wildman–Crippen LogP) is 2.43. The van der Waals surface area contributed by atoms with Crippen molar-refractivity contribution < 1.29 is 18.7 Å². The van der Waals surface area contributed by atoms with Crippen molar-refractivity contribution >= 4 is 11.8 Å². The van der Waals surface area contributed by atoms with Crippen LogP contribution in [0.2, 0.25) is 0 Å². The molecular weight excluding hydrogens is 397 g/mol. The standard InChI is InChI=1S/C24H28FN3O3/c1-18-2-4-19(5-3-18)23(29)27-12-10-26(11-13-27)16-22-17-28(14-15-31-22)24(30)20-6-8-21(25)9-7-20/h2-9,22H,10-17H2,1H3. The van der Waals surface area contributed by atoms with Gasteiger partial charge in [-0.25, -0.2) is 4.39 Å². The molecule has 4 rings (SSSR count). The summed E-state index contributed by atoms with van der Waals surface area (Å²) in [7, 11) is 0. The predicted molar refractivity (Wildman–Crippen MR) is 116 cm³/mol. The Kier molecular flexibility index (Phi) is 6.63. The van der Waals surface area contributed by atoms with Gasteiger partial charge in [0, 0.05) is 56.9 Å². The zero-order chi connectivity index (χ0) is 21.8. The molecular formula is C24H28FN3O3. The monoisotopic (exact) mass is 425 g/mol. The topological polar surface area (TPSA) is 53.1 Å². The summed E-state index contributed by atoms with van der Waals surface area (Å²) in [6.45, 7) is 7.18. The van der Waals surface area contributed by atoms with E-state index < -0.39 is 0 Å². The number of carbonyl (C=O) groups excluding carboxylic acids is 2. The highest BCUT2D eigenvalue weighted by molar-refractivity contribution is 5.94. The molecule has 2 amide bonds. The van der Waals surface area contributed by atoms with Gasteiger partial charge in [-0.15, -0.1) is 0 Å². The molecule has 1 atom stereocenters. The van der Waals surface area contributed by atoms with Gasteiger partial charge in [0.2, 0.25) is 0 Å². The van der Waals surface area contributed by atoms with Crippen molar-refractivity contribution in [2.45, 2.75) is 13.0 Å². The Hall–Kier alpha value is -2.77. The summed E-state index contributed by atoms with van der Waals surface area (Å²) in [6, 6.07) is 13.3. The number of aryl methyl sites for hydroxylation is 1. The van der Waals surface area contributed by atoms with Crippen LogP contribution in [0.15, 0.2) is 48.5 Å². The van der Waals surface area contributed by atoms with Gasteiger partial charge in [0.15, 0.2) is 0 Å². The van der Waals surface area contributed by atoms with Crippen LogP contribution in [0.3, 0.4) is 0 Å². The van der Waals surface area contributed by atoms with Gasteiger partial charge in [-0.05, 0) is 43.3 Å². The number of benzene rings is 2. The van der Waals surface area contributed by atoms with E-state index in [0.717, 1.165) is 30.8 Å². The van der Waals surface area contributed by atoms with Crippen LogP contribution < -0.4 is 0 Å². The summed E-state index contributed by atoms with van der Waals surface area (Å²) in [5, 5.41) is 0. The fourth-order valence-electron chi connectivity index (χ4n) is 4.09. The van der Waals surface area contributed by atoms with Crippen molar-refractivity contribution in [1.29, 1.82) is 0 Å². The van der Waals surface area contributed by atoms with E-state index in [2.05, 4.69) is 4.90 Å². The molecule has 31 heavy (non-hydrogen) atoms. The molecule has 0 N–H and O–H groups in total. The summed E-state index contributed by atoms with van der Waals surface area (Å²) in [5.41, 5.74) is 2.36. The first kappa shape index (κ1) is 21.5. The largest absolute Gasteiger partial charge is 0.373 e. The third kappa shape index (κ3) is 5.29. The number of morpholine rings is 1. The number of hydrogen-bond donors (Lipinski definition) is 0. The molecule has 2 aliphatic heterocycles. The number of nitrogens with zero attached hydrogens (tertiary/aromatic N) is 3. The normalized spacial score (nSPS) is 20.0. The summed E-state index contributed by atoms with van der Waals surface area (Å²) in [6.07, 6.45) is -0.0718. The van der Waals surface area contributed by atoms with Gasteiger partial charge in [0.05, 0.1) is 12.7 Å². The zero-order valence-corrected chi connectivity index (χ0v) is 17.8. The molecule has 0 saturated carbocycles. The quantitative estimate of drug-likeness (QED) is 0.755. The van der Waals surface area contributed by atoms with Crippen LogP contribution in [-0.2, 0) is 4.74 Å². The maximum Gasteiger partial charge on any atom is 0.254 e. The lowest BCUT2D eigenvalue weighted by Gasteiger charge is -2.39. The molecule has 0 aliphatic carbocycles. The fourth-order valence-corrected chi connectivity index (χ4v) is 4.09. The zero-order valence-electron chi connectivity index (χ0n) is 17.8. The van der Waals surface area contributed by atoms with E-state index in [1.165, 1.54) is 24.3 Å². The molecule has 7 heteroatoms. The van der Waals surface area contributed by atoms with Crippen LogP contribution >= 0.6 is 0 Å². The lowest BCUT2D eigenvalue weighted by Crippen LogP contribution is -2.54. The Balaban J connectivity index is 1.27. The number of ether oxygens (including phenoxy) is 1. The third-order valence-corrected chi connectivity index (χ3v) is 5.94. The SMILES string of the molecule is Cc1ccc(C(=O)N2CCN(CC3CN(C(=O)c4ccc(F)cc4)CCO3)CC2)cc1. The second-order valence-electron chi connectivity index (χ2n) is 8.21. The highest BCUT2D eigenvalue weighted by Gasteiger charge is 2.29. The van der Waals surface area contributed by atoms with Gasteiger partial charge in [0.1, 0.15) is 5.82 Å². The van der Waals surface area contributed by atoms with Crippen LogP contribution in [0, 0.1) is 12.7 Å². The summed E-state index contributed by atoms with van der Waals surface area (Å²) in [5.74, 6) is -0.372. The van der Waals surface area contributed by atoms with Gasteiger partial charge in [0.25, 0.3) is 11.8 Å². The van der Waals surface area contributed by atoms with Crippen LogP contribution in [0.25, 0.3) is 0 Å². The molecule has 0 spiro atoms. The van der Waals surface area contributed by atoms with Crippen LogP contribution in [0.5, 0.6) is 0 Å². The Morgan fingerprint density at radius 3 is 2.10 bits per heavy atom. The lowest BCUT2D eigenvalue weighted by atomic mass is 10.1. The number of carbonyl (C=O) groups is 2. The maximum atomic E-state index is 13.1. The Bertz CT molecular complexity index is 909. The first-order chi connectivity index (χ1) is 15.0. The minimum atomic E-state index is -0.351. The average molecular weight is 426 g/mol. The number of hydrogen-bond acceptors (Lipinski definition) is 4. The molecule has 2 aromatic rings. The summed E-state index contributed by atoms with van der Waals surface area (Å²) < 4.78 is 19.0. The molecule has 0 radical (unpaired) electrons. The highest BCUT2D eigenvalue weighted by Crippen LogP contribution is 2.15. The molecule has 2 fully saturated rings. The second-order valence-corrected chi connectivity index (χ2v) is 8.21. The fraction of sp³-hybridized carbons (Fsp3) is 0.417. The van der Waals surface area contributed by atoms with E-state index in [1.54, 1.807) is 4.90 Å². The molecule has 2 aliphatic rings. The summed E-state index contributed by atoms with van der Waals surface area (Å²) in [4.78, 5) is 31.4. The van der Waals surface area contributed by atoms with E-state index >= 15 is 0 Å². The van der Waals surface area contributed by atoms with Gasteiger partial charge >= 0.3 is 0 Å². The van der Waals surface area contributed by atoms with Crippen molar-refractivity contribution in [3.63, 3.8) is 0 Å². The van der Waals surface area contributed by atoms with E-state index in [0.29, 0.717) is 38.3 Å². The smallest absolute Gasteiger partial charge is 0.254 e. The molecule has 2 aromatic carbocycles. The van der Waals surface area contributed by atoms with Crippen LogP contribution in [-0.4, -0.2) is 85.0 Å². The minimum absolute atomic E-state index is 0.0718. The molecule has 0 aromatic heterocycles. The van der Waals surface area contributed by atoms with Gasteiger partial charge in [-0.2, -0.15) is 0 Å². The van der Waals surface area contributed by atoms with E-state index in [-0.39, 0.29) is 23.7 Å². The third-order valence-electron chi connectivity index (χ3n) is 5.94. The molecule has 2 heterocycles. The molecule has 2 saturated heterocycles. The average Bonchev–Trinajstić information content (AvgIpc) is 2.80. The second kappa shape index (κ2) is 9.58. The van der Waals surface area contributed by atoms with E-state index in [4.69, 9.17) is 4.74 Å². The van der Waals surface area contributed by atoms with E-state index in [9.17, 15) is 14.0 Å². The van der Waals surface area contributed by atoms with E-state index in [1.807, 2.05) is 36.1 Å².